The van der Waals surface area contributed by atoms with Gasteiger partial charge in [0.25, 0.3) is 5.91 Å². The van der Waals surface area contributed by atoms with Crippen LogP contribution in [0.25, 0.3) is 0 Å². The van der Waals surface area contributed by atoms with Gasteiger partial charge in [-0.05, 0) is 19.5 Å². The predicted octanol–water partition coefficient (Wildman–Crippen LogP) is 0.328. The van der Waals surface area contributed by atoms with Crippen molar-refractivity contribution in [2.24, 2.45) is 5.73 Å². The summed E-state index contributed by atoms with van der Waals surface area (Å²) in [5.74, 6) is -0.748. The standard InChI is InChI=1S/C14H22N2O3/c1-3-19-10-9-16(2)11-14(18,13(15)17)12-7-5-4-6-8-12/h4-8,18H,3,9-11H2,1-2H3,(H2,15,17). The minimum Gasteiger partial charge on any atom is -0.380 e. The molecule has 1 unspecified atom stereocenters. The van der Waals surface area contributed by atoms with Crippen LogP contribution in [0.3, 0.4) is 0 Å². The van der Waals surface area contributed by atoms with E-state index in [0.29, 0.717) is 25.3 Å². The first-order valence-corrected chi connectivity index (χ1v) is 6.34. The molecule has 0 aliphatic rings. The van der Waals surface area contributed by atoms with E-state index in [-0.39, 0.29) is 6.54 Å². The Bertz CT molecular complexity index is 397. The normalized spacial score (nSPS) is 14.3. The second kappa shape index (κ2) is 7.23. The summed E-state index contributed by atoms with van der Waals surface area (Å²) in [6.45, 7) is 3.88. The highest BCUT2D eigenvalue weighted by Crippen LogP contribution is 2.21. The van der Waals surface area contributed by atoms with Gasteiger partial charge in [0.15, 0.2) is 5.60 Å². The van der Waals surface area contributed by atoms with Gasteiger partial charge in [0.05, 0.1) is 6.61 Å². The van der Waals surface area contributed by atoms with Crippen LogP contribution in [0.1, 0.15) is 12.5 Å². The number of likely N-dealkylation sites (N-methyl/N-ethyl adjacent to an activating group) is 1. The van der Waals surface area contributed by atoms with Crippen molar-refractivity contribution in [3.63, 3.8) is 0 Å². The molecular formula is C14H22N2O3. The zero-order chi connectivity index (χ0) is 14.3. The van der Waals surface area contributed by atoms with Crippen LogP contribution in [0.15, 0.2) is 30.3 Å². The van der Waals surface area contributed by atoms with Gasteiger partial charge in [-0.1, -0.05) is 30.3 Å². The van der Waals surface area contributed by atoms with Crippen LogP contribution in [0.2, 0.25) is 0 Å². The third kappa shape index (κ3) is 4.31. The van der Waals surface area contributed by atoms with E-state index < -0.39 is 11.5 Å². The summed E-state index contributed by atoms with van der Waals surface area (Å²) in [5, 5.41) is 10.5. The number of nitrogens with two attached hydrogens (primary N) is 1. The molecule has 0 bridgehead atoms. The number of aliphatic hydroxyl groups is 1. The molecule has 19 heavy (non-hydrogen) atoms. The molecule has 5 nitrogen and oxygen atoms in total. The first kappa shape index (κ1) is 15.6. The molecule has 1 amide bonds. The lowest BCUT2D eigenvalue weighted by atomic mass is 9.92. The topological polar surface area (TPSA) is 75.8 Å². The van der Waals surface area contributed by atoms with Crippen molar-refractivity contribution in [2.45, 2.75) is 12.5 Å². The molecule has 0 saturated carbocycles. The fourth-order valence-corrected chi connectivity index (χ4v) is 1.86. The summed E-state index contributed by atoms with van der Waals surface area (Å²) in [7, 11) is 1.82. The van der Waals surface area contributed by atoms with Gasteiger partial charge in [-0.3, -0.25) is 4.79 Å². The zero-order valence-electron chi connectivity index (χ0n) is 11.5. The van der Waals surface area contributed by atoms with E-state index in [1.54, 1.807) is 24.3 Å². The fraction of sp³-hybridized carbons (Fsp3) is 0.500. The maximum atomic E-state index is 11.6. The lowest BCUT2D eigenvalue weighted by Crippen LogP contribution is -2.49. The Kier molecular flexibility index (Phi) is 5.95. The Morgan fingerprint density at radius 3 is 2.58 bits per heavy atom. The van der Waals surface area contributed by atoms with Gasteiger partial charge in [0, 0.05) is 19.7 Å². The molecule has 1 rings (SSSR count). The van der Waals surface area contributed by atoms with Gasteiger partial charge < -0.3 is 20.5 Å². The molecular weight excluding hydrogens is 244 g/mol. The molecule has 0 aliphatic heterocycles. The number of primary amides is 1. The predicted molar refractivity (Wildman–Crippen MR) is 73.5 cm³/mol. The molecule has 0 spiro atoms. The van der Waals surface area contributed by atoms with Crippen molar-refractivity contribution >= 4 is 5.91 Å². The Morgan fingerprint density at radius 1 is 1.42 bits per heavy atom. The van der Waals surface area contributed by atoms with Crippen LogP contribution in [0.4, 0.5) is 0 Å². The van der Waals surface area contributed by atoms with Crippen LogP contribution in [-0.4, -0.2) is 49.3 Å². The van der Waals surface area contributed by atoms with Crippen LogP contribution in [0.5, 0.6) is 0 Å². The van der Waals surface area contributed by atoms with Crippen LogP contribution >= 0.6 is 0 Å². The van der Waals surface area contributed by atoms with Crippen molar-refractivity contribution in [1.29, 1.82) is 0 Å². The maximum absolute atomic E-state index is 11.6. The van der Waals surface area contributed by atoms with Crippen LogP contribution < -0.4 is 5.73 Å². The zero-order valence-corrected chi connectivity index (χ0v) is 11.5. The van der Waals surface area contributed by atoms with Gasteiger partial charge in [0.1, 0.15) is 0 Å². The van der Waals surface area contributed by atoms with Crippen molar-refractivity contribution in [1.82, 2.24) is 4.90 Å². The van der Waals surface area contributed by atoms with Crippen molar-refractivity contribution in [2.75, 3.05) is 33.4 Å². The number of rotatable bonds is 8. The summed E-state index contributed by atoms with van der Waals surface area (Å²) in [6.07, 6.45) is 0. The number of ether oxygens (including phenoxy) is 1. The second-order valence-electron chi connectivity index (χ2n) is 4.53. The number of nitrogens with zero attached hydrogens (tertiary/aromatic N) is 1. The smallest absolute Gasteiger partial charge is 0.255 e. The van der Waals surface area contributed by atoms with Crippen molar-refractivity contribution < 1.29 is 14.6 Å². The third-order valence-electron chi connectivity index (χ3n) is 2.98. The lowest BCUT2D eigenvalue weighted by molar-refractivity contribution is -0.139. The highest BCUT2D eigenvalue weighted by molar-refractivity contribution is 5.85. The molecule has 5 heteroatoms. The Morgan fingerprint density at radius 2 is 2.05 bits per heavy atom. The van der Waals surface area contributed by atoms with Gasteiger partial charge in [0.2, 0.25) is 0 Å². The van der Waals surface area contributed by atoms with Crippen LogP contribution in [-0.2, 0) is 15.1 Å². The summed E-state index contributed by atoms with van der Waals surface area (Å²) in [5.41, 5.74) is 4.19. The monoisotopic (exact) mass is 266 g/mol. The van der Waals surface area contributed by atoms with E-state index >= 15 is 0 Å². The van der Waals surface area contributed by atoms with E-state index in [1.807, 2.05) is 24.9 Å². The summed E-state index contributed by atoms with van der Waals surface area (Å²) >= 11 is 0. The van der Waals surface area contributed by atoms with Gasteiger partial charge in [-0.2, -0.15) is 0 Å². The van der Waals surface area contributed by atoms with E-state index in [2.05, 4.69) is 0 Å². The Hall–Kier alpha value is -1.43. The number of carbonyl (C=O) groups excluding carboxylic acids is 1. The molecule has 0 aromatic heterocycles. The molecule has 0 fully saturated rings. The first-order valence-electron chi connectivity index (χ1n) is 6.34. The average molecular weight is 266 g/mol. The number of hydrogen-bond acceptors (Lipinski definition) is 4. The molecule has 1 atom stereocenters. The summed E-state index contributed by atoms with van der Waals surface area (Å²) < 4.78 is 5.25. The van der Waals surface area contributed by atoms with Gasteiger partial charge in [-0.15, -0.1) is 0 Å². The Balaban J connectivity index is 2.75. The molecule has 1 aromatic rings. The largest absolute Gasteiger partial charge is 0.380 e. The quantitative estimate of drug-likeness (QED) is 0.665. The summed E-state index contributed by atoms with van der Waals surface area (Å²) in [4.78, 5) is 13.4. The number of amides is 1. The average Bonchev–Trinajstić information content (AvgIpc) is 2.39. The van der Waals surface area contributed by atoms with Crippen LogP contribution in [0, 0.1) is 0 Å². The van der Waals surface area contributed by atoms with E-state index in [9.17, 15) is 9.90 Å². The Labute approximate surface area is 114 Å². The number of carbonyl (C=O) groups is 1. The highest BCUT2D eigenvalue weighted by atomic mass is 16.5. The molecule has 0 radical (unpaired) electrons. The highest BCUT2D eigenvalue weighted by Gasteiger charge is 2.36. The molecule has 0 heterocycles. The molecule has 106 valence electrons. The molecule has 3 N–H and O–H groups in total. The van der Waals surface area contributed by atoms with Gasteiger partial charge >= 0.3 is 0 Å². The van der Waals surface area contributed by atoms with E-state index in [4.69, 9.17) is 10.5 Å². The molecule has 1 aromatic carbocycles. The van der Waals surface area contributed by atoms with Crippen molar-refractivity contribution in [3.8, 4) is 0 Å². The van der Waals surface area contributed by atoms with E-state index in [1.165, 1.54) is 0 Å². The van der Waals surface area contributed by atoms with Crippen molar-refractivity contribution in [3.05, 3.63) is 35.9 Å². The third-order valence-corrected chi connectivity index (χ3v) is 2.98. The molecule has 0 aliphatic carbocycles. The number of hydrogen-bond donors (Lipinski definition) is 2. The summed E-state index contributed by atoms with van der Waals surface area (Å²) in [6, 6.07) is 8.75. The minimum atomic E-state index is -1.68. The fourth-order valence-electron chi connectivity index (χ4n) is 1.86. The SMILES string of the molecule is CCOCCN(C)CC(O)(C(N)=O)c1ccccc1. The molecule has 0 saturated heterocycles. The second-order valence-corrected chi connectivity index (χ2v) is 4.53. The lowest BCUT2D eigenvalue weighted by Gasteiger charge is -2.30. The maximum Gasteiger partial charge on any atom is 0.255 e. The van der Waals surface area contributed by atoms with Gasteiger partial charge in [-0.25, -0.2) is 0 Å². The van der Waals surface area contributed by atoms with E-state index in [0.717, 1.165) is 0 Å². The minimum absolute atomic E-state index is 0.138. The first-order chi connectivity index (χ1) is 9.00. The number of benzene rings is 1.